The lowest BCUT2D eigenvalue weighted by Gasteiger charge is -2.10. The van der Waals surface area contributed by atoms with Crippen molar-refractivity contribution in [3.63, 3.8) is 0 Å². The number of nitrogens with zero attached hydrogens (tertiary/aromatic N) is 2. The summed E-state index contributed by atoms with van der Waals surface area (Å²) in [6.45, 7) is 4.01. The molecule has 7 heteroatoms. The highest BCUT2D eigenvalue weighted by Gasteiger charge is 2.21. The minimum Gasteiger partial charge on any atom is -0.352 e. The minimum atomic E-state index is -0.0882. The average molecular weight is 349 g/mol. The smallest absolute Gasteiger partial charge is 0.262 e. The van der Waals surface area contributed by atoms with E-state index < -0.39 is 0 Å². The van der Waals surface area contributed by atoms with Gasteiger partial charge in [0.15, 0.2) is 5.16 Å². The Morgan fingerprint density at radius 3 is 3.04 bits per heavy atom. The molecule has 0 bridgehead atoms. The molecule has 0 fully saturated rings. The number of hydrogen-bond acceptors (Lipinski definition) is 5. The van der Waals surface area contributed by atoms with Gasteiger partial charge >= 0.3 is 0 Å². The number of thiophene rings is 1. The molecular weight excluding hydrogens is 330 g/mol. The van der Waals surface area contributed by atoms with E-state index in [-0.39, 0.29) is 17.2 Å². The van der Waals surface area contributed by atoms with Crippen molar-refractivity contribution >= 4 is 39.2 Å². The summed E-state index contributed by atoms with van der Waals surface area (Å²) in [5.74, 6) is 0.153. The van der Waals surface area contributed by atoms with E-state index in [0.29, 0.717) is 11.7 Å². The van der Waals surface area contributed by atoms with Gasteiger partial charge in [-0.2, -0.15) is 0 Å². The van der Waals surface area contributed by atoms with Gasteiger partial charge in [0.2, 0.25) is 5.91 Å². The number of thioether (sulfide) groups is 1. The Bertz CT molecular complexity index is 823. The van der Waals surface area contributed by atoms with Gasteiger partial charge in [0.25, 0.3) is 5.56 Å². The number of amides is 1. The molecule has 0 saturated heterocycles. The van der Waals surface area contributed by atoms with Gasteiger partial charge in [0, 0.05) is 18.5 Å². The maximum Gasteiger partial charge on any atom is 0.262 e. The lowest BCUT2D eigenvalue weighted by molar-refractivity contribution is -0.118. The van der Waals surface area contributed by atoms with Crippen LogP contribution < -0.4 is 10.9 Å². The van der Waals surface area contributed by atoms with Gasteiger partial charge in [0.05, 0.1) is 11.1 Å². The second-order valence-electron chi connectivity index (χ2n) is 5.53. The summed E-state index contributed by atoms with van der Waals surface area (Å²) in [4.78, 5) is 31.2. The van der Waals surface area contributed by atoms with Gasteiger partial charge < -0.3 is 5.32 Å². The van der Waals surface area contributed by atoms with E-state index in [0.717, 1.165) is 29.5 Å². The number of aryl methyl sites for hydroxylation is 2. The highest BCUT2D eigenvalue weighted by atomic mass is 32.2. The fourth-order valence-electron chi connectivity index (χ4n) is 2.76. The number of nitrogens with one attached hydrogen (secondary N) is 1. The van der Waals surface area contributed by atoms with Crippen molar-refractivity contribution in [3.8, 4) is 0 Å². The molecule has 1 N–H and O–H groups in total. The Balaban J connectivity index is 1.90. The first-order valence-corrected chi connectivity index (χ1v) is 9.43. The number of fused-ring (bicyclic) bond motifs is 3. The van der Waals surface area contributed by atoms with E-state index in [9.17, 15) is 9.59 Å². The molecule has 122 valence electrons. The maximum absolute atomic E-state index is 12.7. The molecule has 0 saturated carbocycles. The summed E-state index contributed by atoms with van der Waals surface area (Å²) >= 11 is 2.93. The summed E-state index contributed by atoms with van der Waals surface area (Å²) in [6, 6.07) is 0. The molecule has 0 radical (unpaired) electrons. The van der Waals surface area contributed by atoms with Gasteiger partial charge in [-0.15, -0.1) is 17.9 Å². The first-order chi connectivity index (χ1) is 11.1. The number of aromatic nitrogens is 2. The van der Waals surface area contributed by atoms with Crippen molar-refractivity contribution in [2.24, 2.45) is 7.05 Å². The predicted octanol–water partition coefficient (Wildman–Crippen LogP) is 2.27. The average Bonchev–Trinajstić information content (AvgIpc) is 2.93. The molecule has 1 aliphatic rings. The molecule has 2 aromatic rings. The topological polar surface area (TPSA) is 64.0 Å². The molecule has 0 aliphatic heterocycles. The van der Waals surface area contributed by atoms with Gasteiger partial charge in [-0.25, -0.2) is 4.98 Å². The molecule has 0 atom stereocenters. The molecule has 23 heavy (non-hydrogen) atoms. The van der Waals surface area contributed by atoms with E-state index in [1.54, 1.807) is 29.0 Å². The second-order valence-corrected chi connectivity index (χ2v) is 7.56. The van der Waals surface area contributed by atoms with E-state index in [4.69, 9.17) is 0 Å². The fraction of sp³-hybridized carbons (Fsp3) is 0.438. The lowest BCUT2D eigenvalue weighted by atomic mass is 9.97. The van der Waals surface area contributed by atoms with Crippen LogP contribution in [0.25, 0.3) is 10.2 Å². The maximum atomic E-state index is 12.7. The monoisotopic (exact) mass is 349 g/mol. The zero-order valence-electron chi connectivity index (χ0n) is 13.1. The SMILES string of the molecule is C=CCNC(=O)CSc1nc2sc3c(c2c(=O)n1C)CCCC3. The van der Waals surface area contributed by atoms with Gasteiger partial charge in [-0.3, -0.25) is 14.2 Å². The van der Waals surface area contributed by atoms with Crippen LogP contribution in [0.1, 0.15) is 23.3 Å². The van der Waals surface area contributed by atoms with Crippen LogP contribution in [0.5, 0.6) is 0 Å². The Morgan fingerprint density at radius 2 is 2.26 bits per heavy atom. The molecule has 0 aromatic carbocycles. The summed E-state index contributed by atoms with van der Waals surface area (Å²) in [5.41, 5.74) is 1.20. The van der Waals surface area contributed by atoms with Crippen LogP contribution in [0.15, 0.2) is 22.6 Å². The highest BCUT2D eigenvalue weighted by Crippen LogP contribution is 2.34. The first kappa shape index (κ1) is 16.3. The number of carbonyl (C=O) groups is 1. The lowest BCUT2D eigenvalue weighted by Crippen LogP contribution is -2.26. The third-order valence-corrected chi connectivity index (χ3v) is 6.15. The van der Waals surface area contributed by atoms with Crippen LogP contribution in [0.3, 0.4) is 0 Å². The van der Waals surface area contributed by atoms with Crippen molar-refractivity contribution in [1.29, 1.82) is 0 Å². The van der Waals surface area contributed by atoms with Crippen molar-refractivity contribution in [2.75, 3.05) is 12.3 Å². The summed E-state index contributed by atoms with van der Waals surface area (Å²) in [5, 5.41) is 4.10. The second kappa shape index (κ2) is 6.88. The first-order valence-electron chi connectivity index (χ1n) is 7.63. The molecule has 5 nitrogen and oxygen atoms in total. The quantitative estimate of drug-likeness (QED) is 0.511. The third-order valence-electron chi connectivity index (χ3n) is 3.93. The van der Waals surface area contributed by atoms with E-state index >= 15 is 0 Å². The Kier molecular flexibility index (Phi) is 4.87. The molecular formula is C16H19N3O2S2. The molecule has 3 rings (SSSR count). The molecule has 1 aliphatic carbocycles. The highest BCUT2D eigenvalue weighted by molar-refractivity contribution is 7.99. The minimum absolute atomic E-state index is 0.00315. The van der Waals surface area contributed by atoms with Gasteiger partial charge in [-0.1, -0.05) is 17.8 Å². The molecule has 0 unspecified atom stereocenters. The fourth-order valence-corrected chi connectivity index (χ4v) is 4.87. The van der Waals surface area contributed by atoms with Crippen molar-refractivity contribution in [3.05, 3.63) is 33.4 Å². The number of hydrogen-bond donors (Lipinski definition) is 1. The van der Waals surface area contributed by atoms with E-state index in [1.807, 2.05) is 0 Å². The van der Waals surface area contributed by atoms with E-state index in [2.05, 4.69) is 16.9 Å². The zero-order chi connectivity index (χ0) is 16.4. The van der Waals surface area contributed by atoms with Crippen molar-refractivity contribution in [1.82, 2.24) is 14.9 Å². The van der Waals surface area contributed by atoms with Crippen LogP contribution >= 0.6 is 23.1 Å². The normalized spacial score (nSPS) is 13.8. The van der Waals surface area contributed by atoms with Crippen LogP contribution in [0.2, 0.25) is 0 Å². The number of carbonyl (C=O) groups excluding carboxylic acids is 1. The molecule has 0 spiro atoms. The van der Waals surface area contributed by atoms with Crippen LogP contribution in [-0.4, -0.2) is 27.8 Å². The summed E-state index contributed by atoms with van der Waals surface area (Å²) in [7, 11) is 1.73. The van der Waals surface area contributed by atoms with Crippen molar-refractivity contribution in [2.45, 2.75) is 30.8 Å². The van der Waals surface area contributed by atoms with Crippen LogP contribution in [-0.2, 0) is 24.7 Å². The van der Waals surface area contributed by atoms with Crippen LogP contribution in [0.4, 0.5) is 0 Å². The third kappa shape index (κ3) is 3.21. The Morgan fingerprint density at radius 1 is 1.48 bits per heavy atom. The predicted molar refractivity (Wildman–Crippen MR) is 95.4 cm³/mol. The summed E-state index contributed by atoms with van der Waals surface area (Å²) < 4.78 is 1.56. The van der Waals surface area contributed by atoms with Gasteiger partial charge in [-0.05, 0) is 31.2 Å². The molecule has 2 aromatic heterocycles. The standard InChI is InChI=1S/C16H19N3O2S2/c1-3-8-17-12(20)9-22-16-18-14-13(15(21)19(16)2)10-6-4-5-7-11(10)23-14/h3H,1,4-9H2,2H3,(H,17,20). The Hall–Kier alpha value is -1.60. The molecule has 1 amide bonds. The van der Waals surface area contributed by atoms with E-state index in [1.165, 1.54) is 28.6 Å². The Labute approximate surface area is 142 Å². The molecule has 2 heterocycles. The van der Waals surface area contributed by atoms with Gasteiger partial charge in [0.1, 0.15) is 4.83 Å². The zero-order valence-corrected chi connectivity index (χ0v) is 14.7. The largest absolute Gasteiger partial charge is 0.352 e. The van der Waals surface area contributed by atoms with Crippen molar-refractivity contribution < 1.29 is 4.79 Å². The van der Waals surface area contributed by atoms with Crippen LogP contribution in [0, 0.1) is 0 Å². The number of rotatable bonds is 5. The summed E-state index contributed by atoms with van der Waals surface area (Å²) in [6.07, 6.45) is 5.99.